The first kappa shape index (κ1) is 13.9. The van der Waals surface area contributed by atoms with E-state index >= 15 is 0 Å². The van der Waals surface area contributed by atoms with Crippen molar-refractivity contribution in [1.82, 2.24) is 4.98 Å². The second kappa shape index (κ2) is 5.72. The number of nitrogens with two attached hydrogens (primary N) is 1. The van der Waals surface area contributed by atoms with Gasteiger partial charge in [-0.3, -0.25) is 4.98 Å². The first-order valence-corrected chi connectivity index (χ1v) is 7.00. The Morgan fingerprint density at radius 2 is 1.95 bits per heavy atom. The van der Waals surface area contributed by atoms with E-state index < -0.39 is 0 Å². The summed E-state index contributed by atoms with van der Waals surface area (Å²) >= 11 is 6.07. The largest absolute Gasteiger partial charge is 0.496 e. The van der Waals surface area contributed by atoms with Crippen LogP contribution in [0.1, 0.15) is 17.2 Å². The molecule has 0 aliphatic heterocycles. The van der Waals surface area contributed by atoms with Gasteiger partial charge in [0.2, 0.25) is 0 Å². The van der Waals surface area contributed by atoms with E-state index in [9.17, 15) is 0 Å². The highest BCUT2D eigenvalue weighted by Gasteiger charge is 2.15. The van der Waals surface area contributed by atoms with Gasteiger partial charge >= 0.3 is 0 Å². The fourth-order valence-electron chi connectivity index (χ4n) is 2.39. The number of fused-ring (bicyclic) bond motifs is 1. The van der Waals surface area contributed by atoms with E-state index in [-0.39, 0.29) is 6.04 Å². The van der Waals surface area contributed by atoms with Crippen molar-refractivity contribution in [2.24, 2.45) is 5.73 Å². The summed E-state index contributed by atoms with van der Waals surface area (Å²) in [4.78, 5) is 4.45. The number of methoxy groups -OCH3 is 1. The molecule has 0 bridgehead atoms. The summed E-state index contributed by atoms with van der Waals surface area (Å²) in [7, 11) is 1.62. The van der Waals surface area contributed by atoms with Gasteiger partial charge in [-0.25, -0.2) is 0 Å². The van der Waals surface area contributed by atoms with Crippen LogP contribution in [-0.4, -0.2) is 12.1 Å². The molecule has 21 heavy (non-hydrogen) atoms. The molecular weight excluding hydrogens is 284 g/mol. The molecule has 0 aliphatic carbocycles. The molecule has 1 unspecified atom stereocenters. The maximum atomic E-state index is 6.37. The van der Waals surface area contributed by atoms with Gasteiger partial charge in [-0.15, -0.1) is 0 Å². The fourth-order valence-corrected chi connectivity index (χ4v) is 2.57. The zero-order valence-corrected chi connectivity index (χ0v) is 12.3. The average molecular weight is 299 g/mol. The Morgan fingerprint density at radius 1 is 1.14 bits per heavy atom. The minimum atomic E-state index is -0.337. The molecule has 2 aromatic carbocycles. The number of hydrogen-bond donors (Lipinski definition) is 1. The van der Waals surface area contributed by atoms with E-state index in [0.717, 1.165) is 27.8 Å². The van der Waals surface area contributed by atoms with Gasteiger partial charge in [-0.05, 0) is 35.9 Å². The molecule has 0 amide bonds. The van der Waals surface area contributed by atoms with Gasteiger partial charge in [0.05, 0.1) is 18.7 Å². The highest BCUT2D eigenvalue weighted by molar-refractivity contribution is 6.30. The normalized spacial score (nSPS) is 12.3. The van der Waals surface area contributed by atoms with E-state index in [0.29, 0.717) is 5.02 Å². The van der Waals surface area contributed by atoms with Crippen LogP contribution in [0.4, 0.5) is 0 Å². The maximum Gasteiger partial charge on any atom is 0.124 e. The molecule has 0 saturated carbocycles. The minimum absolute atomic E-state index is 0.337. The SMILES string of the molecule is COc1ccc(Cl)cc1C(N)c1cnc2ccccc2c1. The average Bonchev–Trinajstić information content (AvgIpc) is 2.53. The summed E-state index contributed by atoms with van der Waals surface area (Å²) in [6.07, 6.45) is 1.80. The Bertz CT molecular complexity index is 789. The van der Waals surface area contributed by atoms with Crippen molar-refractivity contribution in [3.8, 4) is 5.75 Å². The van der Waals surface area contributed by atoms with Crippen molar-refractivity contribution in [2.45, 2.75) is 6.04 Å². The van der Waals surface area contributed by atoms with Crippen molar-refractivity contribution in [2.75, 3.05) is 7.11 Å². The maximum absolute atomic E-state index is 6.37. The predicted molar refractivity (Wildman–Crippen MR) is 85.8 cm³/mol. The van der Waals surface area contributed by atoms with E-state index in [2.05, 4.69) is 4.98 Å². The van der Waals surface area contributed by atoms with E-state index in [1.165, 1.54) is 0 Å². The second-order valence-corrected chi connectivity index (χ2v) is 5.26. The summed E-state index contributed by atoms with van der Waals surface area (Å²) in [5.41, 5.74) is 9.10. The molecule has 3 rings (SSSR count). The molecule has 1 aromatic heterocycles. The molecule has 0 radical (unpaired) electrons. The first-order valence-electron chi connectivity index (χ1n) is 6.63. The van der Waals surface area contributed by atoms with Gasteiger partial charge in [0.1, 0.15) is 5.75 Å². The summed E-state index contributed by atoms with van der Waals surface area (Å²) in [6.45, 7) is 0. The highest BCUT2D eigenvalue weighted by atomic mass is 35.5. The summed E-state index contributed by atoms with van der Waals surface area (Å²) < 4.78 is 5.37. The lowest BCUT2D eigenvalue weighted by Gasteiger charge is -2.16. The number of halogens is 1. The molecule has 0 fully saturated rings. The molecule has 1 heterocycles. The van der Waals surface area contributed by atoms with Crippen LogP contribution in [0.15, 0.2) is 54.7 Å². The molecule has 3 nitrogen and oxygen atoms in total. The predicted octanol–water partition coefficient (Wildman–Crippen LogP) is 3.94. The molecule has 0 aliphatic rings. The number of ether oxygens (including phenoxy) is 1. The van der Waals surface area contributed by atoms with Crippen LogP contribution in [0.2, 0.25) is 5.02 Å². The van der Waals surface area contributed by atoms with Gasteiger partial charge in [0, 0.05) is 22.2 Å². The van der Waals surface area contributed by atoms with Crippen molar-refractivity contribution in [3.05, 3.63) is 70.9 Å². The van der Waals surface area contributed by atoms with E-state index in [1.807, 2.05) is 42.5 Å². The van der Waals surface area contributed by atoms with Crippen molar-refractivity contribution >= 4 is 22.5 Å². The molecule has 106 valence electrons. The number of nitrogens with zero attached hydrogens (tertiary/aromatic N) is 1. The quantitative estimate of drug-likeness (QED) is 0.796. The summed E-state index contributed by atoms with van der Waals surface area (Å²) in [5, 5.41) is 1.70. The van der Waals surface area contributed by atoms with Crippen LogP contribution in [-0.2, 0) is 0 Å². The summed E-state index contributed by atoms with van der Waals surface area (Å²) in [6, 6.07) is 15.1. The second-order valence-electron chi connectivity index (χ2n) is 4.83. The van der Waals surface area contributed by atoms with Crippen LogP contribution in [0, 0.1) is 0 Å². The Balaban J connectivity index is 2.07. The molecule has 0 spiro atoms. The van der Waals surface area contributed by atoms with Crippen LogP contribution in [0.25, 0.3) is 10.9 Å². The van der Waals surface area contributed by atoms with Gasteiger partial charge in [0.25, 0.3) is 0 Å². The third kappa shape index (κ3) is 2.71. The van der Waals surface area contributed by atoms with Gasteiger partial charge in [0.15, 0.2) is 0 Å². The smallest absolute Gasteiger partial charge is 0.124 e. The molecule has 0 saturated heterocycles. The van der Waals surface area contributed by atoms with Crippen LogP contribution < -0.4 is 10.5 Å². The Labute approximate surface area is 128 Å². The number of pyridine rings is 1. The highest BCUT2D eigenvalue weighted by Crippen LogP contribution is 2.31. The lowest BCUT2D eigenvalue weighted by Crippen LogP contribution is -2.13. The van der Waals surface area contributed by atoms with Gasteiger partial charge in [-0.1, -0.05) is 29.8 Å². The Hall–Kier alpha value is -2.10. The molecule has 2 N–H and O–H groups in total. The third-order valence-electron chi connectivity index (χ3n) is 3.50. The van der Waals surface area contributed by atoms with Crippen LogP contribution in [0.5, 0.6) is 5.75 Å². The lowest BCUT2D eigenvalue weighted by atomic mass is 9.99. The van der Waals surface area contributed by atoms with Crippen molar-refractivity contribution < 1.29 is 4.74 Å². The molecule has 3 aromatic rings. The Morgan fingerprint density at radius 3 is 2.76 bits per heavy atom. The number of benzene rings is 2. The number of aromatic nitrogens is 1. The zero-order chi connectivity index (χ0) is 14.8. The zero-order valence-electron chi connectivity index (χ0n) is 11.6. The van der Waals surface area contributed by atoms with Crippen molar-refractivity contribution in [3.63, 3.8) is 0 Å². The van der Waals surface area contributed by atoms with Gasteiger partial charge in [-0.2, -0.15) is 0 Å². The van der Waals surface area contributed by atoms with Crippen LogP contribution >= 0.6 is 11.6 Å². The van der Waals surface area contributed by atoms with Crippen LogP contribution in [0.3, 0.4) is 0 Å². The monoisotopic (exact) mass is 298 g/mol. The van der Waals surface area contributed by atoms with E-state index in [4.69, 9.17) is 22.1 Å². The number of para-hydroxylation sites is 1. The fraction of sp³-hybridized carbons (Fsp3) is 0.118. The minimum Gasteiger partial charge on any atom is -0.496 e. The number of hydrogen-bond acceptors (Lipinski definition) is 3. The number of rotatable bonds is 3. The van der Waals surface area contributed by atoms with Gasteiger partial charge < -0.3 is 10.5 Å². The summed E-state index contributed by atoms with van der Waals surface area (Å²) in [5.74, 6) is 0.722. The molecule has 4 heteroatoms. The van der Waals surface area contributed by atoms with E-state index in [1.54, 1.807) is 19.4 Å². The third-order valence-corrected chi connectivity index (χ3v) is 3.73. The molecular formula is C17H15ClN2O. The Kier molecular flexibility index (Phi) is 3.78. The van der Waals surface area contributed by atoms with Crippen molar-refractivity contribution in [1.29, 1.82) is 0 Å². The standard InChI is InChI=1S/C17H15ClN2O/c1-21-16-7-6-13(18)9-14(16)17(19)12-8-11-4-2-3-5-15(11)20-10-12/h2-10,17H,19H2,1H3. The lowest BCUT2D eigenvalue weighted by molar-refractivity contribution is 0.408. The topological polar surface area (TPSA) is 48.1 Å². The first-order chi connectivity index (χ1) is 10.2. The molecule has 1 atom stereocenters.